The van der Waals surface area contributed by atoms with Crippen molar-refractivity contribution in [3.63, 3.8) is 0 Å². The molecule has 8 heteroatoms. The average Bonchev–Trinajstić information content (AvgIpc) is 2.91. The van der Waals surface area contributed by atoms with Gasteiger partial charge in [0.2, 0.25) is 0 Å². The zero-order valence-corrected chi connectivity index (χ0v) is 15.7. The third-order valence-corrected chi connectivity index (χ3v) is 6.55. The van der Waals surface area contributed by atoms with Gasteiger partial charge in [-0.15, -0.1) is 0 Å². The number of aryl methyl sites for hydroxylation is 2. The topological polar surface area (TPSA) is 103 Å². The lowest BCUT2D eigenvalue weighted by molar-refractivity contribution is -0.123. The summed E-state index contributed by atoms with van der Waals surface area (Å²) in [4.78, 5) is 23.9. The summed E-state index contributed by atoms with van der Waals surface area (Å²) in [6.07, 6.45) is 0.423. The van der Waals surface area contributed by atoms with E-state index in [-0.39, 0.29) is 30.1 Å². The Balaban J connectivity index is 1.73. The summed E-state index contributed by atoms with van der Waals surface area (Å²) in [5.41, 5.74) is 2.11. The Morgan fingerprint density at radius 1 is 1.23 bits per heavy atom. The van der Waals surface area contributed by atoms with Gasteiger partial charge in [0.05, 0.1) is 11.5 Å². The standard InChI is InChI=1S/C18H21NO6S/c1-10-11(2)18(21)25-17-12(3)15(5-4-14(10)17)24-8-16(20)19-13-6-7-26(22,23)9-13/h4-5,13H,6-9H2,1-3H3,(H,19,20)/t13-/m0/s1. The van der Waals surface area contributed by atoms with Crippen LogP contribution < -0.4 is 15.7 Å². The van der Waals surface area contributed by atoms with Gasteiger partial charge in [-0.25, -0.2) is 13.2 Å². The number of carbonyl (C=O) groups excluding carboxylic acids is 1. The molecule has 0 saturated carbocycles. The van der Waals surface area contributed by atoms with Crippen LogP contribution in [-0.2, 0) is 14.6 Å². The van der Waals surface area contributed by atoms with Crippen molar-refractivity contribution < 1.29 is 22.4 Å². The lowest BCUT2D eigenvalue weighted by Crippen LogP contribution is -2.38. The second-order valence-corrected chi connectivity index (χ2v) is 8.89. The minimum absolute atomic E-state index is 0.0302. The van der Waals surface area contributed by atoms with E-state index in [2.05, 4.69) is 5.32 Å². The first kappa shape index (κ1) is 18.4. The van der Waals surface area contributed by atoms with Crippen molar-refractivity contribution in [2.45, 2.75) is 33.2 Å². The Labute approximate surface area is 151 Å². The van der Waals surface area contributed by atoms with E-state index in [1.165, 1.54) is 0 Å². The molecule has 1 aliphatic heterocycles. The number of sulfone groups is 1. The smallest absolute Gasteiger partial charge is 0.339 e. The molecule has 1 fully saturated rings. The first-order chi connectivity index (χ1) is 12.2. The van der Waals surface area contributed by atoms with Crippen molar-refractivity contribution in [1.82, 2.24) is 5.32 Å². The van der Waals surface area contributed by atoms with Crippen LogP contribution >= 0.6 is 0 Å². The van der Waals surface area contributed by atoms with E-state index in [1.54, 1.807) is 26.0 Å². The van der Waals surface area contributed by atoms with Gasteiger partial charge < -0.3 is 14.5 Å². The highest BCUT2D eigenvalue weighted by atomic mass is 32.2. The second-order valence-electron chi connectivity index (χ2n) is 6.66. The minimum Gasteiger partial charge on any atom is -0.483 e. The molecule has 26 heavy (non-hydrogen) atoms. The second kappa shape index (κ2) is 6.75. The van der Waals surface area contributed by atoms with Crippen molar-refractivity contribution in [2.24, 2.45) is 0 Å². The molecule has 1 amide bonds. The molecule has 1 aromatic carbocycles. The first-order valence-electron chi connectivity index (χ1n) is 8.34. The maximum Gasteiger partial charge on any atom is 0.339 e. The van der Waals surface area contributed by atoms with Crippen LogP contribution in [0.25, 0.3) is 11.0 Å². The van der Waals surface area contributed by atoms with Crippen LogP contribution in [0, 0.1) is 20.8 Å². The summed E-state index contributed by atoms with van der Waals surface area (Å²) in [6.45, 7) is 5.10. The molecular weight excluding hydrogens is 358 g/mol. The molecule has 2 aromatic rings. The fourth-order valence-corrected chi connectivity index (χ4v) is 4.78. The van der Waals surface area contributed by atoms with Crippen LogP contribution in [0.4, 0.5) is 0 Å². The van der Waals surface area contributed by atoms with Gasteiger partial charge in [-0.1, -0.05) is 0 Å². The van der Waals surface area contributed by atoms with Gasteiger partial charge in [-0.3, -0.25) is 4.79 Å². The molecule has 1 N–H and O–H groups in total. The molecule has 3 rings (SSSR count). The minimum atomic E-state index is -3.05. The Morgan fingerprint density at radius 2 is 1.96 bits per heavy atom. The number of hydrogen-bond donors (Lipinski definition) is 1. The van der Waals surface area contributed by atoms with Crippen molar-refractivity contribution in [2.75, 3.05) is 18.1 Å². The van der Waals surface area contributed by atoms with E-state index in [4.69, 9.17) is 9.15 Å². The highest BCUT2D eigenvalue weighted by molar-refractivity contribution is 7.91. The molecule has 7 nitrogen and oxygen atoms in total. The summed E-state index contributed by atoms with van der Waals surface area (Å²) >= 11 is 0. The van der Waals surface area contributed by atoms with E-state index in [9.17, 15) is 18.0 Å². The maximum absolute atomic E-state index is 12.0. The number of benzene rings is 1. The van der Waals surface area contributed by atoms with Crippen LogP contribution in [0.2, 0.25) is 0 Å². The van der Waals surface area contributed by atoms with E-state index in [0.717, 1.165) is 10.9 Å². The fraction of sp³-hybridized carbons (Fsp3) is 0.444. The molecule has 0 bridgehead atoms. The summed E-state index contributed by atoms with van der Waals surface area (Å²) in [7, 11) is -3.05. The average molecular weight is 379 g/mol. The molecule has 2 heterocycles. The molecular formula is C18H21NO6S. The van der Waals surface area contributed by atoms with Gasteiger partial charge in [-0.05, 0) is 44.9 Å². The van der Waals surface area contributed by atoms with E-state index < -0.39 is 15.5 Å². The van der Waals surface area contributed by atoms with Crippen molar-refractivity contribution in [3.8, 4) is 5.75 Å². The quantitative estimate of drug-likeness (QED) is 0.806. The Kier molecular flexibility index (Phi) is 4.79. The normalized spacial score (nSPS) is 18.8. The number of carbonyl (C=O) groups is 1. The SMILES string of the molecule is Cc1c(C)c2ccc(OCC(=O)N[C@H]3CCS(=O)(=O)C3)c(C)c2oc1=O. The van der Waals surface area contributed by atoms with Crippen molar-refractivity contribution in [3.05, 3.63) is 39.2 Å². The number of ether oxygens (including phenoxy) is 1. The fourth-order valence-electron chi connectivity index (χ4n) is 3.10. The first-order valence-corrected chi connectivity index (χ1v) is 10.2. The van der Waals surface area contributed by atoms with Gasteiger partial charge in [0.1, 0.15) is 11.3 Å². The van der Waals surface area contributed by atoms with Gasteiger partial charge in [0.25, 0.3) is 5.91 Å². The largest absolute Gasteiger partial charge is 0.483 e. The number of nitrogens with one attached hydrogen (secondary N) is 1. The molecule has 0 radical (unpaired) electrons. The molecule has 1 aliphatic rings. The summed E-state index contributed by atoms with van der Waals surface area (Å²) in [5.74, 6) is 0.129. The number of amides is 1. The van der Waals surface area contributed by atoms with E-state index in [0.29, 0.717) is 28.9 Å². The van der Waals surface area contributed by atoms with Crippen molar-refractivity contribution in [1.29, 1.82) is 0 Å². The third kappa shape index (κ3) is 3.60. The monoisotopic (exact) mass is 379 g/mol. The van der Waals surface area contributed by atoms with E-state index >= 15 is 0 Å². The molecule has 0 aliphatic carbocycles. The highest BCUT2D eigenvalue weighted by Crippen LogP contribution is 2.29. The van der Waals surface area contributed by atoms with Crippen LogP contribution in [-0.4, -0.2) is 38.5 Å². The van der Waals surface area contributed by atoms with Crippen LogP contribution in [0.3, 0.4) is 0 Å². The van der Waals surface area contributed by atoms with Gasteiger partial charge in [0, 0.05) is 22.6 Å². The van der Waals surface area contributed by atoms with Crippen LogP contribution in [0.15, 0.2) is 21.3 Å². The van der Waals surface area contributed by atoms with E-state index in [1.807, 2.05) is 6.92 Å². The molecule has 1 atom stereocenters. The lowest BCUT2D eigenvalue weighted by atomic mass is 10.0. The van der Waals surface area contributed by atoms with Gasteiger partial charge in [-0.2, -0.15) is 0 Å². The van der Waals surface area contributed by atoms with Crippen LogP contribution in [0.5, 0.6) is 5.75 Å². The predicted octanol–water partition coefficient (Wildman–Crippen LogP) is 1.40. The summed E-state index contributed by atoms with van der Waals surface area (Å²) < 4.78 is 33.8. The Bertz CT molecular complexity index is 1040. The van der Waals surface area contributed by atoms with Gasteiger partial charge >= 0.3 is 5.63 Å². The Morgan fingerprint density at radius 3 is 2.62 bits per heavy atom. The number of hydrogen-bond acceptors (Lipinski definition) is 6. The zero-order chi connectivity index (χ0) is 19.1. The Hall–Kier alpha value is -2.35. The molecule has 1 saturated heterocycles. The third-order valence-electron chi connectivity index (χ3n) is 4.78. The molecule has 1 aromatic heterocycles. The van der Waals surface area contributed by atoms with Gasteiger partial charge in [0.15, 0.2) is 16.4 Å². The van der Waals surface area contributed by atoms with Crippen molar-refractivity contribution >= 4 is 26.7 Å². The van der Waals surface area contributed by atoms with Crippen LogP contribution in [0.1, 0.15) is 23.1 Å². The molecule has 0 unspecified atom stereocenters. The lowest BCUT2D eigenvalue weighted by Gasteiger charge is -2.14. The highest BCUT2D eigenvalue weighted by Gasteiger charge is 2.29. The molecule has 140 valence electrons. The molecule has 0 spiro atoms. The number of fused-ring (bicyclic) bond motifs is 1. The summed E-state index contributed by atoms with van der Waals surface area (Å²) in [5, 5.41) is 3.50. The maximum atomic E-state index is 12.0. The predicted molar refractivity (Wildman–Crippen MR) is 97.4 cm³/mol. The number of rotatable bonds is 4. The summed E-state index contributed by atoms with van der Waals surface area (Å²) in [6, 6.07) is 3.17. The zero-order valence-electron chi connectivity index (χ0n) is 14.9.